The number of rotatable bonds is 2. The number of quaternary nitrogens is 1. The van der Waals surface area contributed by atoms with Gasteiger partial charge in [-0.2, -0.15) is 0 Å². The van der Waals surface area contributed by atoms with Gasteiger partial charge in [-0.25, -0.2) is 4.79 Å². The number of hydrogen-bond acceptors (Lipinski definition) is 5. The Bertz CT molecular complexity index is 572. The van der Waals surface area contributed by atoms with Crippen molar-refractivity contribution in [2.75, 3.05) is 38.7 Å². The topological polar surface area (TPSA) is 69.1 Å². The molecule has 0 aliphatic carbocycles. The molecule has 2 aliphatic rings. The maximum absolute atomic E-state index is 12.3. The largest absolute Gasteiger partial charge is 0.465 e. The van der Waals surface area contributed by atoms with E-state index in [-0.39, 0.29) is 11.3 Å². The second-order valence-electron chi connectivity index (χ2n) is 4.96. The van der Waals surface area contributed by atoms with Crippen LogP contribution in [0.5, 0.6) is 0 Å². The van der Waals surface area contributed by atoms with E-state index in [0.717, 1.165) is 18.0 Å². The smallest absolute Gasteiger partial charge is 0.337 e. The van der Waals surface area contributed by atoms with E-state index in [9.17, 15) is 9.59 Å². The molecule has 3 rings (SSSR count). The number of carbonyl (C=O) groups excluding carboxylic acids is 2. The van der Waals surface area contributed by atoms with Gasteiger partial charge in [0.25, 0.3) is 5.91 Å². The van der Waals surface area contributed by atoms with Crippen LogP contribution in [-0.4, -0.2) is 50.7 Å². The lowest BCUT2D eigenvalue weighted by Crippen LogP contribution is -3.18. The number of nitrogens with one attached hydrogen (secondary N) is 2. The van der Waals surface area contributed by atoms with Crippen LogP contribution in [0.4, 0.5) is 5.69 Å². The number of thioether (sulfide) groups is 1. The number of methoxy groups -OCH3 is 1. The lowest BCUT2D eigenvalue weighted by atomic mass is 10.2. The van der Waals surface area contributed by atoms with Crippen LogP contribution in [0.1, 0.15) is 10.4 Å². The Balaban J connectivity index is 1.81. The summed E-state index contributed by atoms with van der Waals surface area (Å²) in [6, 6.07) is 5.25. The van der Waals surface area contributed by atoms with E-state index >= 15 is 0 Å². The molecular formula is C14H17N2O4S+. The lowest BCUT2D eigenvalue weighted by Gasteiger charge is -2.32. The summed E-state index contributed by atoms with van der Waals surface area (Å²) in [6.07, 6.45) is 0. The summed E-state index contributed by atoms with van der Waals surface area (Å²) in [4.78, 5) is 26.0. The van der Waals surface area contributed by atoms with Crippen LogP contribution in [0.25, 0.3) is 0 Å². The number of esters is 1. The van der Waals surface area contributed by atoms with Crippen molar-refractivity contribution in [3.8, 4) is 0 Å². The van der Waals surface area contributed by atoms with Gasteiger partial charge in [0.1, 0.15) is 13.1 Å². The Hall–Kier alpha value is -1.57. The van der Waals surface area contributed by atoms with E-state index in [2.05, 4.69) is 5.32 Å². The molecule has 21 heavy (non-hydrogen) atoms. The minimum absolute atomic E-state index is 0.0218. The SMILES string of the molecule is COC(=O)c1ccc2c(c1)NC(=O)C([NH+]1CCOCC1)S2. The molecule has 1 unspecified atom stereocenters. The molecule has 1 amide bonds. The number of hydrogen-bond donors (Lipinski definition) is 2. The van der Waals surface area contributed by atoms with E-state index in [4.69, 9.17) is 9.47 Å². The Labute approximate surface area is 126 Å². The van der Waals surface area contributed by atoms with Crippen LogP contribution in [0, 0.1) is 0 Å². The minimum atomic E-state index is -0.405. The molecule has 1 saturated heterocycles. The van der Waals surface area contributed by atoms with Crippen LogP contribution in [0.15, 0.2) is 23.1 Å². The van der Waals surface area contributed by atoms with Crippen LogP contribution in [0.3, 0.4) is 0 Å². The van der Waals surface area contributed by atoms with Gasteiger partial charge in [-0.15, -0.1) is 0 Å². The summed E-state index contributed by atoms with van der Waals surface area (Å²) in [6.45, 7) is 3.04. The van der Waals surface area contributed by atoms with E-state index in [1.54, 1.807) is 23.9 Å². The molecule has 1 fully saturated rings. The fourth-order valence-electron chi connectivity index (χ4n) is 2.52. The maximum atomic E-state index is 12.3. The number of benzene rings is 1. The van der Waals surface area contributed by atoms with Crippen molar-refractivity contribution in [1.29, 1.82) is 0 Å². The fraction of sp³-hybridized carbons (Fsp3) is 0.429. The molecule has 0 bridgehead atoms. The Morgan fingerprint density at radius 2 is 2.19 bits per heavy atom. The third kappa shape index (κ3) is 2.90. The van der Waals surface area contributed by atoms with Crippen LogP contribution >= 0.6 is 11.8 Å². The summed E-state index contributed by atoms with van der Waals surface area (Å²) < 4.78 is 10.0. The first-order chi connectivity index (χ1) is 10.2. The lowest BCUT2D eigenvalue weighted by molar-refractivity contribution is -0.909. The molecule has 0 radical (unpaired) electrons. The number of fused-ring (bicyclic) bond motifs is 1. The number of carbonyl (C=O) groups is 2. The summed E-state index contributed by atoms with van der Waals surface area (Å²) in [7, 11) is 1.34. The summed E-state index contributed by atoms with van der Waals surface area (Å²) in [5.74, 6) is -0.426. The molecule has 1 aromatic carbocycles. The van der Waals surface area contributed by atoms with Gasteiger partial charge in [-0.05, 0) is 18.2 Å². The van der Waals surface area contributed by atoms with E-state index in [1.807, 2.05) is 6.07 Å². The molecule has 2 aliphatic heterocycles. The second-order valence-corrected chi connectivity index (χ2v) is 6.11. The average Bonchev–Trinajstić information content (AvgIpc) is 2.53. The van der Waals surface area contributed by atoms with Crippen molar-refractivity contribution in [2.45, 2.75) is 10.3 Å². The van der Waals surface area contributed by atoms with Crippen molar-refractivity contribution in [2.24, 2.45) is 0 Å². The summed E-state index contributed by atoms with van der Waals surface area (Å²) in [5, 5.41) is 2.74. The Morgan fingerprint density at radius 3 is 2.90 bits per heavy atom. The van der Waals surface area contributed by atoms with E-state index in [0.29, 0.717) is 24.5 Å². The van der Waals surface area contributed by atoms with Gasteiger partial charge in [-0.3, -0.25) is 4.79 Å². The van der Waals surface area contributed by atoms with E-state index in [1.165, 1.54) is 12.0 Å². The third-order valence-corrected chi connectivity index (χ3v) is 5.04. The third-order valence-electron chi connectivity index (χ3n) is 3.65. The molecule has 6 nitrogen and oxygen atoms in total. The highest BCUT2D eigenvalue weighted by atomic mass is 32.2. The highest BCUT2D eigenvalue weighted by Gasteiger charge is 2.36. The predicted molar refractivity (Wildman–Crippen MR) is 77.6 cm³/mol. The first kappa shape index (κ1) is 14.4. The zero-order chi connectivity index (χ0) is 14.8. The first-order valence-corrected chi connectivity index (χ1v) is 7.69. The van der Waals surface area contributed by atoms with Gasteiger partial charge < -0.3 is 19.7 Å². The molecule has 7 heteroatoms. The molecule has 2 heterocycles. The van der Waals surface area contributed by atoms with Crippen molar-refractivity contribution in [1.82, 2.24) is 0 Å². The minimum Gasteiger partial charge on any atom is -0.465 e. The molecule has 0 saturated carbocycles. The standard InChI is InChI=1S/C14H16N2O4S/c1-19-14(18)9-2-3-11-10(8-9)15-12(17)13(21-11)16-4-6-20-7-5-16/h2-3,8,13H,4-7H2,1H3,(H,15,17)/p+1. The zero-order valence-electron chi connectivity index (χ0n) is 11.7. The van der Waals surface area contributed by atoms with Crippen molar-refractivity contribution in [3.63, 3.8) is 0 Å². The molecule has 2 N–H and O–H groups in total. The van der Waals surface area contributed by atoms with Gasteiger partial charge in [-0.1, -0.05) is 11.8 Å². The normalized spacial score (nSPS) is 22.3. The zero-order valence-corrected chi connectivity index (χ0v) is 12.5. The molecule has 1 aromatic rings. The average molecular weight is 309 g/mol. The summed E-state index contributed by atoms with van der Waals surface area (Å²) >= 11 is 1.54. The predicted octanol–water partition coefficient (Wildman–Crippen LogP) is -0.241. The number of ether oxygens (including phenoxy) is 2. The molecule has 0 spiro atoms. The number of morpholine rings is 1. The number of amides is 1. The Morgan fingerprint density at radius 1 is 1.43 bits per heavy atom. The molecule has 1 atom stereocenters. The molecular weight excluding hydrogens is 292 g/mol. The van der Waals surface area contributed by atoms with Crippen LogP contribution < -0.4 is 10.2 Å². The Kier molecular flexibility index (Phi) is 4.14. The second kappa shape index (κ2) is 6.05. The molecule has 112 valence electrons. The van der Waals surface area contributed by atoms with Gasteiger partial charge >= 0.3 is 5.97 Å². The quantitative estimate of drug-likeness (QED) is 0.738. The van der Waals surface area contributed by atoms with Gasteiger partial charge in [0.05, 0.1) is 31.6 Å². The maximum Gasteiger partial charge on any atom is 0.337 e. The van der Waals surface area contributed by atoms with E-state index < -0.39 is 5.97 Å². The van der Waals surface area contributed by atoms with Crippen molar-refractivity contribution >= 4 is 29.3 Å². The van der Waals surface area contributed by atoms with Crippen LogP contribution in [-0.2, 0) is 14.3 Å². The van der Waals surface area contributed by atoms with Crippen molar-refractivity contribution < 1.29 is 24.0 Å². The first-order valence-electron chi connectivity index (χ1n) is 6.81. The van der Waals surface area contributed by atoms with Gasteiger partial charge in [0.15, 0.2) is 0 Å². The highest BCUT2D eigenvalue weighted by molar-refractivity contribution is 8.00. The van der Waals surface area contributed by atoms with Crippen LogP contribution in [0.2, 0.25) is 0 Å². The number of anilines is 1. The van der Waals surface area contributed by atoms with Gasteiger partial charge in [0.2, 0.25) is 5.37 Å². The fourth-order valence-corrected chi connectivity index (χ4v) is 3.72. The molecule has 0 aromatic heterocycles. The van der Waals surface area contributed by atoms with Gasteiger partial charge in [0, 0.05) is 4.90 Å². The monoisotopic (exact) mass is 309 g/mol. The highest BCUT2D eigenvalue weighted by Crippen LogP contribution is 2.34. The summed E-state index contributed by atoms with van der Waals surface area (Å²) in [5.41, 5.74) is 1.12. The van der Waals surface area contributed by atoms with Crippen molar-refractivity contribution in [3.05, 3.63) is 23.8 Å².